The van der Waals surface area contributed by atoms with Gasteiger partial charge in [0.2, 0.25) is 0 Å². The van der Waals surface area contributed by atoms with Gasteiger partial charge in [-0.2, -0.15) is 0 Å². The molecule has 1 aliphatic rings. The molecule has 0 amide bonds. The highest BCUT2D eigenvalue weighted by Gasteiger charge is 2.39. The first kappa shape index (κ1) is 13.4. The molecule has 1 aliphatic heterocycles. The summed E-state index contributed by atoms with van der Waals surface area (Å²) in [5.41, 5.74) is 0. The first-order chi connectivity index (χ1) is 7.23. The van der Waals surface area contributed by atoms with E-state index in [4.69, 9.17) is 5.11 Å². The highest BCUT2D eigenvalue weighted by molar-refractivity contribution is 7.91. The van der Waals surface area contributed by atoms with Crippen LogP contribution in [0.4, 0.5) is 0 Å². The van der Waals surface area contributed by atoms with Crippen LogP contribution in [0.25, 0.3) is 0 Å². The molecule has 1 heterocycles. The number of carbonyl (C=O) groups is 1. The molecule has 0 saturated carbocycles. The zero-order chi connectivity index (χ0) is 12.5. The van der Waals surface area contributed by atoms with E-state index >= 15 is 0 Å². The van der Waals surface area contributed by atoms with Crippen LogP contribution in [-0.4, -0.2) is 54.3 Å². The maximum absolute atomic E-state index is 11.2. The molecule has 0 radical (unpaired) electrons. The van der Waals surface area contributed by atoms with Crippen molar-refractivity contribution in [3.63, 3.8) is 0 Å². The number of hydrogen-bond donors (Lipinski definition) is 3. The quantitative estimate of drug-likeness (QED) is 0.582. The molecule has 94 valence electrons. The minimum absolute atomic E-state index is 0.173. The predicted octanol–water partition coefficient (Wildman–Crippen LogP) is -1.16. The lowest BCUT2D eigenvalue weighted by molar-refractivity contribution is -0.141. The molecule has 3 N–H and O–H groups in total. The summed E-state index contributed by atoms with van der Waals surface area (Å²) in [4.78, 5) is 10.9. The van der Waals surface area contributed by atoms with Crippen LogP contribution in [0.5, 0.6) is 0 Å². The second-order valence-electron chi connectivity index (χ2n) is 4.48. The van der Waals surface area contributed by atoms with Crippen LogP contribution in [0.1, 0.15) is 13.8 Å². The van der Waals surface area contributed by atoms with Gasteiger partial charge < -0.3 is 10.2 Å². The molecule has 0 aromatic heterocycles. The van der Waals surface area contributed by atoms with Gasteiger partial charge in [0.25, 0.3) is 0 Å². The van der Waals surface area contributed by atoms with E-state index in [9.17, 15) is 18.3 Å². The predicted molar refractivity (Wildman–Crippen MR) is 57.8 cm³/mol. The molecule has 0 spiro atoms. The van der Waals surface area contributed by atoms with Gasteiger partial charge in [-0.1, -0.05) is 13.8 Å². The van der Waals surface area contributed by atoms with Gasteiger partial charge in [-0.15, -0.1) is 0 Å². The smallest absolute Gasteiger partial charge is 0.320 e. The van der Waals surface area contributed by atoms with E-state index in [0.29, 0.717) is 0 Å². The SMILES string of the molecule is CC(C)[C@@H](N[C@H]1CS(=O)(=O)C[C@@H]1O)C(=O)O. The number of carboxylic acid groups (broad SMARTS) is 1. The first-order valence-electron chi connectivity index (χ1n) is 5.10. The van der Waals surface area contributed by atoms with E-state index in [0.717, 1.165) is 0 Å². The molecule has 0 aliphatic carbocycles. The topological polar surface area (TPSA) is 104 Å². The van der Waals surface area contributed by atoms with Crippen molar-refractivity contribution in [2.45, 2.75) is 32.0 Å². The van der Waals surface area contributed by atoms with Crippen molar-refractivity contribution in [1.82, 2.24) is 5.32 Å². The summed E-state index contributed by atoms with van der Waals surface area (Å²) in [6.07, 6.45) is -1.02. The molecular formula is C9H17NO5S. The normalized spacial score (nSPS) is 30.5. The fraction of sp³-hybridized carbons (Fsp3) is 0.889. The lowest BCUT2D eigenvalue weighted by atomic mass is 10.0. The Morgan fingerprint density at radius 2 is 1.94 bits per heavy atom. The monoisotopic (exact) mass is 251 g/mol. The Hall–Kier alpha value is -0.660. The van der Waals surface area contributed by atoms with Gasteiger partial charge in [0, 0.05) is 6.04 Å². The maximum atomic E-state index is 11.2. The number of carboxylic acids is 1. The summed E-state index contributed by atoms with van der Waals surface area (Å²) >= 11 is 0. The Morgan fingerprint density at radius 1 is 1.38 bits per heavy atom. The lowest BCUT2D eigenvalue weighted by Gasteiger charge is -2.23. The van der Waals surface area contributed by atoms with Crippen molar-refractivity contribution in [2.24, 2.45) is 5.92 Å². The number of rotatable bonds is 4. The largest absolute Gasteiger partial charge is 0.480 e. The fourth-order valence-electron chi connectivity index (χ4n) is 1.77. The molecule has 0 aromatic carbocycles. The second kappa shape index (κ2) is 4.68. The summed E-state index contributed by atoms with van der Waals surface area (Å²) in [6, 6.07) is -1.53. The molecular weight excluding hydrogens is 234 g/mol. The van der Waals surface area contributed by atoms with E-state index in [1.54, 1.807) is 13.8 Å². The summed E-state index contributed by atoms with van der Waals surface area (Å²) in [5, 5.41) is 21.1. The number of hydrogen-bond acceptors (Lipinski definition) is 5. The number of aliphatic hydroxyl groups is 1. The van der Waals surface area contributed by atoms with E-state index in [2.05, 4.69) is 5.32 Å². The van der Waals surface area contributed by atoms with Crippen molar-refractivity contribution in [3.8, 4) is 0 Å². The van der Waals surface area contributed by atoms with Crippen molar-refractivity contribution >= 4 is 15.8 Å². The van der Waals surface area contributed by atoms with E-state index in [-0.39, 0.29) is 17.4 Å². The zero-order valence-electron chi connectivity index (χ0n) is 9.25. The van der Waals surface area contributed by atoms with Crippen LogP contribution in [0.2, 0.25) is 0 Å². The van der Waals surface area contributed by atoms with E-state index in [1.165, 1.54) is 0 Å². The average molecular weight is 251 g/mol. The summed E-state index contributed by atoms with van der Waals surface area (Å²) in [5.74, 6) is -1.71. The third kappa shape index (κ3) is 3.16. The second-order valence-corrected chi connectivity index (χ2v) is 6.63. The van der Waals surface area contributed by atoms with Gasteiger partial charge in [-0.05, 0) is 5.92 Å². The van der Waals surface area contributed by atoms with Crippen LogP contribution in [0, 0.1) is 5.92 Å². The number of nitrogens with one attached hydrogen (secondary N) is 1. The molecule has 1 saturated heterocycles. The standard InChI is InChI=1S/C9H17NO5S/c1-5(2)8(9(12)13)10-6-3-16(14,15)4-7(6)11/h5-8,10-11H,3-4H2,1-2H3,(H,12,13)/t6-,7-,8+/m0/s1. The average Bonchev–Trinajstić information content (AvgIpc) is 2.34. The molecule has 1 fully saturated rings. The minimum Gasteiger partial charge on any atom is -0.480 e. The highest BCUT2D eigenvalue weighted by atomic mass is 32.2. The molecule has 16 heavy (non-hydrogen) atoms. The number of aliphatic hydroxyl groups excluding tert-OH is 1. The van der Waals surface area contributed by atoms with Crippen LogP contribution in [0.3, 0.4) is 0 Å². The zero-order valence-corrected chi connectivity index (χ0v) is 10.1. The van der Waals surface area contributed by atoms with Gasteiger partial charge in [0.05, 0.1) is 17.6 Å². The molecule has 1 rings (SSSR count). The summed E-state index contributed by atoms with van der Waals surface area (Å²) in [6.45, 7) is 3.45. The highest BCUT2D eigenvalue weighted by Crippen LogP contribution is 2.14. The van der Waals surface area contributed by atoms with E-state index in [1.807, 2.05) is 0 Å². The fourth-order valence-corrected chi connectivity index (χ4v) is 3.52. The molecule has 3 atom stereocenters. The Morgan fingerprint density at radius 3 is 2.25 bits per heavy atom. The van der Waals surface area contributed by atoms with Crippen LogP contribution >= 0.6 is 0 Å². The minimum atomic E-state index is -3.25. The Balaban J connectivity index is 2.70. The van der Waals surface area contributed by atoms with E-state index < -0.39 is 34.0 Å². The van der Waals surface area contributed by atoms with Crippen LogP contribution in [-0.2, 0) is 14.6 Å². The molecule has 6 nitrogen and oxygen atoms in total. The Bertz CT molecular complexity index is 364. The van der Waals surface area contributed by atoms with Gasteiger partial charge in [0.15, 0.2) is 9.84 Å². The van der Waals surface area contributed by atoms with Crippen molar-refractivity contribution in [1.29, 1.82) is 0 Å². The lowest BCUT2D eigenvalue weighted by Crippen LogP contribution is -2.50. The van der Waals surface area contributed by atoms with Gasteiger partial charge in [-0.3, -0.25) is 10.1 Å². The Labute approximate surface area is 94.6 Å². The van der Waals surface area contributed by atoms with Gasteiger partial charge >= 0.3 is 5.97 Å². The molecule has 0 bridgehead atoms. The van der Waals surface area contributed by atoms with Crippen LogP contribution < -0.4 is 5.32 Å². The van der Waals surface area contributed by atoms with Crippen molar-refractivity contribution in [2.75, 3.05) is 11.5 Å². The molecule has 0 aromatic rings. The third-order valence-electron chi connectivity index (χ3n) is 2.65. The van der Waals surface area contributed by atoms with Gasteiger partial charge in [-0.25, -0.2) is 8.42 Å². The summed E-state index contributed by atoms with van der Waals surface area (Å²) in [7, 11) is -3.25. The maximum Gasteiger partial charge on any atom is 0.320 e. The van der Waals surface area contributed by atoms with Gasteiger partial charge in [0.1, 0.15) is 6.04 Å². The first-order valence-corrected chi connectivity index (χ1v) is 6.92. The Kier molecular flexibility index (Phi) is 3.92. The summed E-state index contributed by atoms with van der Waals surface area (Å²) < 4.78 is 22.5. The van der Waals surface area contributed by atoms with Crippen LogP contribution in [0.15, 0.2) is 0 Å². The van der Waals surface area contributed by atoms with Crippen molar-refractivity contribution < 1.29 is 23.4 Å². The molecule has 0 unspecified atom stereocenters. The number of sulfone groups is 1. The van der Waals surface area contributed by atoms with Crippen molar-refractivity contribution in [3.05, 3.63) is 0 Å². The molecule has 7 heteroatoms. The number of aliphatic carboxylic acids is 1. The third-order valence-corrected chi connectivity index (χ3v) is 4.37.